The molecule has 0 fully saturated rings. The summed E-state index contributed by atoms with van der Waals surface area (Å²) in [4.78, 5) is 0. The van der Waals surface area contributed by atoms with Gasteiger partial charge in [0.05, 0.1) is 11.6 Å². The van der Waals surface area contributed by atoms with Gasteiger partial charge in [0.1, 0.15) is 0 Å². The summed E-state index contributed by atoms with van der Waals surface area (Å²) in [7, 11) is 0. The van der Waals surface area contributed by atoms with E-state index in [9.17, 15) is 13.2 Å². The lowest BCUT2D eigenvalue weighted by molar-refractivity contribution is -0.137. The van der Waals surface area contributed by atoms with Crippen LogP contribution in [-0.2, 0) is 12.6 Å². The maximum absolute atomic E-state index is 13.0. The van der Waals surface area contributed by atoms with Crippen molar-refractivity contribution in [3.63, 3.8) is 0 Å². The largest absolute Gasteiger partial charge is 0.418 e. The molecule has 2 aromatic carbocycles. The topological polar surface area (TPSA) is 12.0 Å². The number of aryl methyl sites for hydroxylation is 1. The lowest BCUT2D eigenvalue weighted by Crippen LogP contribution is -2.13. The van der Waals surface area contributed by atoms with E-state index in [1.807, 2.05) is 18.2 Å². The third-order valence-electron chi connectivity index (χ3n) is 3.74. The van der Waals surface area contributed by atoms with Crippen molar-refractivity contribution in [2.24, 2.45) is 0 Å². The molecule has 0 bridgehead atoms. The molecular weight excluding hydrogens is 343 g/mol. The molecule has 0 aliphatic heterocycles. The molecule has 1 unspecified atom stereocenters. The summed E-state index contributed by atoms with van der Waals surface area (Å²) in [6.07, 6.45) is -2.66. The highest BCUT2D eigenvalue weighted by atomic mass is 79.9. The van der Waals surface area contributed by atoms with Crippen LogP contribution in [0.1, 0.15) is 29.2 Å². The van der Waals surface area contributed by atoms with Crippen LogP contribution in [0.4, 0.5) is 18.9 Å². The first-order valence-corrected chi connectivity index (χ1v) is 7.45. The molecule has 1 N–H and O–H groups in total. The Morgan fingerprint density at radius 3 is 2.62 bits per heavy atom. The number of rotatable bonds is 2. The Balaban J connectivity index is 1.90. The van der Waals surface area contributed by atoms with Crippen LogP contribution >= 0.6 is 15.9 Å². The summed E-state index contributed by atoms with van der Waals surface area (Å²) in [6.45, 7) is 0. The first-order valence-electron chi connectivity index (χ1n) is 6.66. The van der Waals surface area contributed by atoms with Gasteiger partial charge in [0.15, 0.2) is 0 Å². The minimum atomic E-state index is -4.34. The summed E-state index contributed by atoms with van der Waals surface area (Å²) < 4.78 is 40.1. The normalized spacial score (nSPS) is 17.6. The molecular formula is C16H13BrF3N. The molecule has 0 spiro atoms. The van der Waals surface area contributed by atoms with E-state index in [4.69, 9.17) is 0 Å². The second-order valence-corrected chi connectivity index (χ2v) is 6.04. The Hall–Kier alpha value is -1.49. The molecule has 2 aromatic rings. The van der Waals surface area contributed by atoms with E-state index in [2.05, 4.69) is 21.2 Å². The Morgan fingerprint density at radius 1 is 1.10 bits per heavy atom. The van der Waals surface area contributed by atoms with Crippen molar-refractivity contribution in [3.05, 3.63) is 63.6 Å². The van der Waals surface area contributed by atoms with Crippen LogP contribution in [0.15, 0.2) is 46.9 Å². The number of hydrogen-bond donors (Lipinski definition) is 1. The van der Waals surface area contributed by atoms with Gasteiger partial charge in [-0.3, -0.25) is 0 Å². The van der Waals surface area contributed by atoms with Crippen LogP contribution in [0.2, 0.25) is 0 Å². The number of halogens is 4. The van der Waals surface area contributed by atoms with Crippen molar-refractivity contribution in [1.29, 1.82) is 0 Å². The number of hydrogen-bond acceptors (Lipinski definition) is 1. The zero-order chi connectivity index (χ0) is 15.0. The van der Waals surface area contributed by atoms with Crippen LogP contribution in [0.5, 0.6) is 0 Å². The van der Waals surface area contributed by atoms with E-state index in [1.54, 1.807) is 6.07 Å². The van der Waals surface area contributed by atoms with Crippen LogP contribution in [0, 0.1) is 0 Å². The van der Waals surface area contributed by atoms with Crippen LogP contribution in [0.3, 0.4) is 0 Å². The lowest BCUT2D eigenvalue weighted by atomic mass is 10.1. The molecule has 1 aliphatic rings. The molecule has 1 nitrogen and oxygen atoms in total. The molecule has 0 amide bonds. The average molecular weight is 356 g/mol. The molecule has 21 heavy (non-hydrogen) atoms. The van der Waals surface area contributed by atoms with Crippen LogP contribution in [0.25, 0.3) is 0 Å². The summed E-state index contributed by atoms with van der Waals surface area (Å²) in [5, 5.41) is 3.06. The molecule has 0 aromatic heterocycles. The SMILES string of the molecule is FC(F)(F)c1ccccc1NC1CCc2cc(Br)ccc21. The predicted molar refractivity (Wildman–Crippen MR) is 80.3 cm³/mol. The number of nitrogens with one attached hydrogen (secondary N) is 1. The van der Waals surface area contributed by atoms with Crippen molar-refractivity contribution < 1.29 is 13.2 Å². The summed E-state index contributed by atoms with van der Waals surface area (Å²) in [6, 6.07) is 11.5. The fourth-order valence-electron chi connectivity index (χ4n) is 2.78. The minimum absolute atomic E-state index is 0.0726. The van der Waals surface area contributed by atoms with Gasteiger partial charge in [-0.25, -0.2) is 0 Å². The molecule has 1 atom stereocenters. The van der Waals surface area contributed by atoms with E-state index in [0.717, 1.165) is 28.9 Å². The van der Waals surface area contributed by atoms with Gasteiger partial charge in [-0.1, -0.05) is 34.1 Å². The van der Waals surface area contributed by atoms with Crippen molar-refractivity contribution in [2.75, 3.05) is 5.32 Å². The number of benzene rings is 2. The van der Waals surface area contributed by atoms with Gasteiger partial charge in [-0.05, 0) is 48.2 Å². The molecule has 1 aliphatic carbocycles. The molecule has 0 heterocycles. The van der Waals surface area contributed by atoms with Crippen molar-refractivity contribution in [1.82, 2.24) is 0 Å². The second-order valence-electron chi connectivity index (χ2n) is 5.12. The Morgan fingerprint density at radius 2 is 1.86 bits per heavy atom. The maximum atomic E-state index is 13.0. The second kappa shape index (κ2) is 5.37. The zero-order valence-electron chi connectivity index (χ0n) is 11.0. The molecule has 110 valence electrons. The third kappa shape index (κ3) is 2.93. The smallest absolute Gasteiger partial charge is 0.378 e. The standard InChI is InChI=1S/C16H13BrF3N/c17-11-6-7-12-10(9-11)5-8-14(12)21-15-4-2-1-3-13(15)16(18,19)20/h1-4,6-7,9,14,21H,5,8H2. The van der Waals surface area contributed by atoms with Gasteiger partial charge in [-0.15, -0.1) is 0 Å². The van der Waals surface area contributed by atoms with E-state index >= 15 is 0 Å². The Bertz CT molecular complexity index is 667. The molecule has 3 rings (SSSR count). The summed E-state index contributed by atoms with van der Waals surface area (Å²) in [5.41, 5.74) is 1.79. The highest BCUT2D eigenvalue weighted by Gasteiger charge is 2.34. The number of alkyl halides is 3. The number of anilines is 1. The number of fused-ring (bicyclic) bond motifs is 1. The van der Waals surface area contributed by atoms with Crippen LogP contribution in [-0.4, -0.2) is 0 Å². The molecule has 0 saturated heterocycles. The third-order valence-corrected chi connectivity index (χ3v) is 4.24. The summed E-state index contributed by atoms with van der Waals surface area (Å²) >= 11 is 3.42. The lowest BCUT2D eigenvalue weighted by Gasteiger charge is -2.19. The fraction of sp³-hybridized carbons (Fsp3) is 0.250. The van der Waals surface area contributed by atoms with Crippen LogP contribution < -0.4 is 5.32 Å². The van der Waals surface area contributed by atoms with E-state index < -0.39 is 11.7 Å². The predicted octanol–water partition coefficient (Wildman–Crippen LogP) is 5.57. The first kappa shape index (κ1) is 14.4. The minimum Gasteiger partial charge on any atom is -0.378 e. The molecule has 0 radical (unpaired) electrons. The van der Waals surface area contributed by atoms with Crippen molar-refractivity contribution >= 4 is 21.6 Å². The van der Waals surface area contributed by atoms with Gasteiger partial charge >= 0.3 is 6.18 Å². The van der Waals surface area contributed by atoms with E-state index in [-0.39, 0.29) is 11.7 Å². The monoisotopic (exact) mass is 355 g/mol. The Kier molecular flexibility index (Phi) is 3.69. The molecule has 0 saturated carbocycles. The summed E-state index contributed by atoms with van der Waals surface area (Å²) in [5.74, 6) is 0. The zero-order valence-corrected chi connectivity index (χ0v) is 12.6. The van der Waals surface area contributed by atoms with E-state index in [0.29, 0.717) is 0 Å². The van der Waals surface area contributed by atoms with E-state index in [1.165, 1.54) is 17.7 Å². The van der Waals surface area contributed by atoms with Gasteiger partial charge < -0.3 is 5.32 Å². The highest BCUT2D eigenvalue weighted by molar-refractivity contribution is 9.10. The number of para-hydroxylation sites is 1. The first-order chi connectivity index (χ1) is 9.95. The van der Waals surface area contributed by atoms with Crippen molar-refractivity contribution in [2.45, 2.75) is 25.1 Å². The maximum Gasteiger partial charge on any atom is 0.418 e. The van der Waals surface area contributed by atoms with Gasteiger partial charge in [0.2, 0.25) is 0 Å². The van der Waals surface area contributed by atoms with Crippen molar-refractivity contribution in [3.8, 4) is 0 Å². The average Bonchev–Trinajstić information content (AvgIpc) is 2.80. The molecule has 5 heteroatoms. The van der Waals surface area contributed by atoms with Gasteiger partial charge in [0.25, 0.3) is 0 Å². The Labute approximate surface area is 129 Å². The quantitative estimate of drug-likeness (QED) is 0.742. The van der Waals surface area contributed by atoms with Gasteiger partial charge in [0, 0.05) is 10.2 Å². The highest BCUT2D eigenvalue weighted by Crippen LogP contribution is 2.39. The van der Waals surface area contributed by atoms with Gasteiger partial charge in [-0.2, -0.15) is 13.2 Å². The fourth-order valence-corrected chi connectivity index (χ4v) is 3.19.